The standard InChI is InChI=1S/C14H13N3S/c1-6-15-7-2-11(1)3-8-16-14-12-5-10-18-13(12)4-9-17-14/h1-2,4-7,9-10H,3,8H2,(H,16,17). The van der Waals surface area contributed by atoms with Crippen molar-refractivity contribution in [3.05, 3.63) is 53.8 Å². The summed E-state index contributed by atoms with van der Waals surface area (Å²) in [4.78, 5) is 8.41. The molecule has 0 aliphatic carbocycles. The van der Waals surface area contributed by atoms with Crippen LogP contribution in [0.1, 0.15) is 5.56 Å². The summed E-state index contributed by atoms with van der Waals surface area (Å²) in [6.07, 6.45) is 6.48. The third-order valence-corrected chi connectivity index (χ3v) is 3.72. The molecular formula is C14H13N3S. The molecule has 1 N–H and O–H groups in total. The van der Waals surface area contributed by atoms with Crippen molar-refractivity contribution in [1.29, 1.82) is 0 Å². The summed E-state index contributed by atoms with van der Waals surface area (Å²) < 4.78 is 1.27. The molecule has 3 heterocycles. The van der Waals surface area contributed by atoms with E-state index >= 15 is 0 Å². The SMILES string of the molecule is c1cc(CCNc2nccc3sccc23)ccn1. The fraction of sp³-hybridized carbons (Fsp3) is 0.143. The van der Waals surface area contributed by atoms with Crippen LogP contribution in [-0.4, -0.2) is 16.5 Å². The number of nitrogens with one attached hydrogen (secondary N) is 1. The molecule has 0 saturated carbocycles. The zero-order valence-corrected chi connectivity index (χ0v) is 10.7. The van der Waals surface area contributed by atoms with Gasteiger partial charge in [-0.25, -0.2) is 4.98 Å². The molecule has 0 aliphatic rings. The Kier molecular flexibility index (Phi) is 3.19. The molecule has 0 saturated heterocycles. The number of fused-ring (bicyclic) bond motifs is 1. The molecule has 0 spiro atoms. The van der Waals surface area contributed by atoms with Crippen LogP contribution in [0, 0.1) is 0 Å². The second-order valence-electron chi connectivity index (χ2n) is 4.02. The van der Waals surface area contributed by atoms with Crippen LogP contribution in [0.25, 0.3) is 10.1 Å². The first-order valence-corrected chi connectivity index (χ1v) is 6.76. The van der Waals surface area contributed by atoms with Crippen LogP contribution in [0.5, 0.6) is 0 Å². The van der Waals surface area contributed by atoms with E-state index in [4.69, 9.17) is 0 Å². The maximum Gasteiger partial charge on any atom is 0.134 e. The highest BCUT2D eigenvalue weighted by Gasteiger charge is 2.02. The van der Waals surface area contributed by atoms with Gasteiger partial charge in [0, 0.05) is 35.2 Å². The van der Waals surface area contributed by atoms with E-state index in [9.17, 15) is 0 Å². The molecule has 0 aliphatic heterocycles. The highest BCUT2D eigenvalue weighted by molar-refractivity contribution is 7.17. The van der Waals surface area contributed by atoms with Gasteiger partial charge in [0.25, 0.3) is 0 Å². The summed E-state index contributed by atoms with van der Waals surface area (Å²) in [5.41, 5.74) is 1.29. The monoisotopic (exact) mass is 255 g/mol. The minimum Gasteiger partial charge on any atom is -0.369 e. The van der Waals surface area contributed by atoms with E-state index in [0.29, 0.717) is 0 Å². The molecule has 0 fully saturated rings. The van der Waals surface area contributed by atoms with Crippen molar-refractivity contribution < 1.29 is 0 Å². The predicted molar refractivity (Wildman–Crippen MR) is 76.1 cm³/mol. The zero-order valence-electron chi connectivity index (χ0n) is 9.84. The van der Waals surface area contributed by atoms with Crippen LogP contribution in [0.15, 0.2) is 48.2 Å². The molecular weight excluding hydrogens is 242 g/mol. The predicted octanol–water partition coefficient (Wildman–Crippen LogP) is 3.35. The molecule has 0 aromatic carbocycles. The molecule has 0 bridgehead atoms. The maximum atomic E-state index is 4.39. The van der Waals surface area contributed by atoms with E-state index in [1.165, 1.54) is 15.6 Å². The van der Waals surface area contributed by atoms with Crippen molar-refractivity contribution in [3.63, 3.8) is 0 Å². The van der Waals surface area contributed by atoms with Gasteiger partial charge in [-0.3, -0.25) is 4.98 Å². The van der Waals surface area contributed by atoms with E-state index < -0.39 is 0 Å². The summed E-state index contributed by atoms with van der Waals surface area (Å²) >= 11 is 1.74. The smallest absolute Gasteiger partial charge is 0.134 e. The quantitative estimate of drug-likeness (QED) is 0.777. The fourth-order valence-electron chi connectivity index (χ4n) is 1.91. The Morgan fingerprint density at radius 3 is 2.83 bits per heavy atom. The van der Waals surface area contributed by atoms with Crippen molar-refractivity contribution in [2.75, 3.05) is 11.9 Å². The molecule has 18 heavy (non-hydrogen) atoms. The lowest BCUT2D eigenvalue weighted by Crippen LogP contribution is -2.06. The second-order valence-corrected chi connectivity index (χ2v) is 4.97. The average Bonchev–Trinajstić information content (AvgIpc) is 2.89. The van der Waals surface area contributed by atoms with Gasteiger partial charge < -0.3 is 5.32 Å². The van der Waals surface area contributed by atoms with Crippen LogP contribution < -0.4 is 5.32 Å². The van der Waals surface area contributed by atoms with Gasteiger partial charge in [0.15, 0.2) is 0 Å². The van der Waals surface area contributed by atoms with Gasteiger partial charge in [-0.05, 0) is 41.6 Å². The second kappa shape index (κ2) is 5.14. The topological polar surface area (TPSA) is 37.8 Å². The van der Waals surface area contributed by atoms with E-state index in [1.54, 1.807) is 11.3 Å². The largest absolute Gasteiger partial charge is 0.369 e. The Balaban J connectivity index is 1.68. The summed E-state index contributed by atoms with van der Waals surface area (Å²) in [7, 11) is 0. The number of pyridine rings is 2. The summed E-state index contributed by atoms with van der Waals surface area (Å²) in [6.45, 7) is 0.881. The lowest BCUT2D eigenvalue weighted by atomic mass is 10.2. The minimum atomic E-state index is 0.881. The van der Waals surface area contributed by atoms with Gasteiger partial charge in [0.05, 0.1) is 0 Å². The summed E-state index contributed by atoms with van der Waals surface area (Å²) in [6, 6.07) is 8.25. The number of anilines is 1. The van der Waals surface area contributed by atoms with Crippen molar-refractivity contribution in [2.24, 2.45) is 0 Å². The van der Waals surface area contributed by atoms with Crippen LogP contribution in [0.3, 0.4) is 0 Å². The Hall–Kier alpha value is -1.94. The maximum absolute atomic E-state index is 4.39. The first-order valence-electron chi connectivity index (χ1n) is 5.88. The van der Waals surface area contributed by atoms with Crippen molar-refractivity contribution in [3.8, 4) is 0 Å². The third kappa shape index (κ3) is 2.33. The van der Waals surface area contributed by atoms with Crippen LogP contribution in [0.2, 0.25) is 0 Å². The van der Waals surface area contributed by atoms with Gasteiger partial charge in [0.2, 0.25) is 0 Å². The van der Waals surface area contributed by atoms with E-state index in [1.807, 2.05) is 36.8 Å². The first kappa shape index (κ1) is 11.2. The molecule has 0 amide bonds. The molecule has 90 valence electrons. The Morgan fingerprint density at radius 1 is 1.06 bits per heavy atom. The Labute approximate surface area is 110 Å². The van der Waals surface area contributed by atoms with Crippen molar-refractivity contribution in [2.45, 2.75) is 6.42 Å². The molecule has 3 aromatic rings. The van der Waals surface area contributed by atoms with Gasteiger partial charge in [-0.2, -0.15) is 0 Å². The molecule has 0 unspecified atom stereocenters. The van der Waals surface area contributed by atoms with Gasteiger partial charge in [0.1, 0.15) is 5.82 Å². The van der Waals surface area contributed by atoms with Crippen molar-refractivity contribution in [1.82, 2.24) is 9.97 Å². The molecule has 3 nitrogen and oxygen atoms in total. The van der Waals surface area contributed by atoms with E-state index in [2.05, 4.69) is 26.7 Å². The fourth-order valence-corrected chi connectivity index (χ4v) is 2.69. The molecule has 0 atom stereocenters. The normalized spacial score (nSPS) is 10.7. The number of rotatable bonds is 4. The lowest BCUT2D eigenvalue weighted by molar-refractivity contribution is 1.00. The van der Waals surface area contributed by atoms with Crippen LogP contribution in [-0.2, 0) is 6.42 Å². The molecule has 4 heteroatoms. The first-order chi connectivity index (χ1) is 8.93. The van der Waals surface area contributed by atoms with Gasteiger partial charge in [-0.15, -0.1) is 11.3 Å². The van der Waals surface area contributed by atoms with E-state index in [-0.39, 0.29) is 0 Å². The molecule has 3 rings (SSSR count). The highest BCUT2D eigenvalue weighted by Crippen LogP contribution is 2.25. The lowest BCUT2D eigenvalue weighted by Gasteiger charge is -2.06. The average molecular weight is 255 g/mol. The summed E-state index contributed by atoms with van der Waals surface area (Å²) in [5.74, 6) is 0.975. The Morgan fingerprint density at radius 2 is 1.94 bits per heavy atom. The zero-order chi connectivity index (χ0) is 12.2. The van der Waals surface area contributed by atoms with E-state index in [0.717, 1.165) is 18.8 Å². The molecule has 3 aromatic heterocycles. The minimum absolute atomic E-state index is 0.881. The number of hydrogen-bond acceptors (Lipinski definition) is 4. The third-order valence-electron chi connectivity index (χ3n) is 2.84. The number of thiophene rings is 1. The highest BCUT2D eigenvalue weighted by atomic mass is 32.1. The van der Waals surface area contributed by atoms with Gasteiger partial charge in [-0.1, -0.05) is 0 Å². The molecule has 0 radical (unpaired) electrons. The van der Waals surface area contributed by atoms with Crippen LogP contribution in [0.4, 0.5) is 5.82 Å². The summed E-state index contributed by atoms with van der Waals surface area (Å²) in [5, 5.41) is 6.70. The Bertz CT molecular complexity index is 634. The van der Waals surface area contributed by atoms with Crippen LogP contribution >= 0.6 is 11.3 Å². The number of nitrogens with zero attached hydrogens (tertiary/aromatic N) is 2. The van der Waals surface area contributed by atoms with Gasteiger partial charge >= 0.3 is 0 Å². The number of aromatic nitrogens is 2. The number of hydrogen-bond donors (Lipinski definition) is 1. The van der Waals surface area contributed by atoms with Crippen molar-refractivity contribution >= 4 is 27.2 Å².